The van der Waals surface area contributed by atoms with E-state index in [1.165, 1.54) is 49.9 Å². The van der Waals surface area contributed by atoms with Gasteiger partial charge < -0.3 is 5.32 Å². The lowest BCUT2D eigenvalue weighted by molar-refractivity contribution is 0.444. The number of nitrogens with one attached hydrogen (secondary N) is 1. The molecule has 1 aromatic heterocycles. The van der Waals surface area contributed by atoms with Crippen LogP contribution in [-0.4, -0.2) is 22.4 Å². The van der Waals surface area contributed by atoms with E-state index in [9.17, 15) is 0 Å². The predicted molar refractivity (Wildman–Crippen MR) is 87.1 cm³/mol. The zero-order valence-electron chi connectivity index (χ0n) is 13.9. The van der Waals surface area contributed by atoms with E-state index in [1.807, 2.05) is 0 Å². The third-order valence-electron chi connectivity index (χ3n) is 3.93. The van der Waals surface area contributed by atoms with Gasteiger partial charge in [-0.25, -0.2) is 0 Å². The normalized spacial score (nSPS) is 12.8. The number of aromatic nitrogens is 2. The standard InChI is InChI=1S/C17H33N3/c1-5-8-9-10-11-16(18-12-6-2)14-17-13-15(7-3)19-20(17)4/h13,16,18H,5-12,14H2,1-4H3. The Morgan fingerprint density at radius 1 is 1.15 bits per heavy atom. The molecule has 0 amide bonds. The summed E-state index contributed by atoms with van der Waals surface area (Å²) in [5, 5.41) is 8.27. The fraction of sp³-hybridized carbons (Fsp3) is 0.824. The lowest BCUT2D eigenvalue weighted by Gasteiger charge is -2.18. The van der Waals surface area contributed by atoms with Gasteiger partial charge in [0, 0.05) is 25.2 Å². The molecule has 20 heavy (non-hydrogen) atoms. The number of rotatable bonds is 11. The molecule has 0 saturated heterocycles. The maximum Gasteiger partial charge on any atom is 0.0624 e. The van der Waals surface area contributed by atoms with Gasteiger partial charge in [-0.2, -0.15) is 5.10 Å². The third-order valence-corrected chi connectivity index (χ3v) is 3.93. The molecular formula is C17H33N3. The van der Waals surface area contributed by atoms with E-state index < -0.39 is 0 Å². The van der Waals surface area contributed by atoms with Gasteiger partial charge in [-0.15, -0.1) is 0 Å². The van der Waals surface area contributed by atoms with Crippen LogP contribution in [0.4, 0.5) is 0 Å². The van der Waals surface area contributed by atoms with Gasteiger partial charge in [0.15, 0.2) is 0 Å². The molecule has 0 fully saturated rings. The van der Waals surface area contributed by atoms with Crippen molar-refractivity contribution in [3.63, 3.8) is 0 Å². The summed E-state index contributed by atoms with van der Waals surface area (Å²) >= 11 is 0. The van der Waals surface area contributed by atoms with Crippen LogP contribution in [0.3, 0.4) is 0 Å². The molecule has 0 aliphatic carbocycles. The van der Waals surface area contributed by atoms with Gasteiger partial charge in [-0.3, -0.25) is 4.68 Å². The molecule has 0 saturated carbocycles. The van der Waals surface area contributed by atoms with Gasteiger partial charge in [0.1, 0.15) is 0 Å². The lowest BCUT2D eigenvalue weighted by atomic mass is 10.0. The summed E-state index contributed by atoms with van der Waals surface area (Å²) in [6, 6.07) is 2.87. The first-order valence-corrected chi connectivity index (χ1v) is 8.46. The number of hydrogen-bond donors (Lipinski definition) is 1. The Kier molecular flexibility index (Phi) is 8.59. The average molecular weight is 279 g/mol. The van der Waals surface area contributed by atoms with Crippen LogP contribution in [0, 0.1) is 0 Å². The quantitative estimate of drug-likeness (QED) is 0.623. The zero-order valence-corrected chi connectivity index (χ0v) is 13.9. The molecule has 0 spiro atoms. The van der Waals surface area contributed by atoms with Crippen LogP contribution >= 0.6 is 0 Å². The Hall–Kier alpha value is -0.830. The van der Waals surface area contributed by atoms with Crippen molar-refractivity contribution in [2.75, 3.05) is 6.54 Å². The molecule has 3 nitrogen and oxygen atoms in total. The number of unbranched alkanes of at least 4 members (excludes halogenated alkanes) is 3. The Balaban J connectivity index is 2.51. The van der Waals surface area contributed by atoms with Crippen molar-refractivity contribution >= 4 is 0 Å². The highest BCUT2D eigenvalue weighted by Crippen LogP contribution is 2.12. The van der Waals surface area contributed by atoms with Gasteiger partial charge in [0.05, 0.1) is 5.69 Å². The zero-order chi connectivity index (χ0) is 14.8. The van der Waals surface area contributed by atoms with E-state index in [0.717, 1.165) is 19.4 Å². The Labute approximate surface area is 125 Å². The van der Waals surface area contributed by atoms with Crippen molar-refractivity contribution in [2.45, 2.75) is 78.2 Å². The van der Waals surface area contributed by atoms with Gasteiger partial charge in [0.25, 0.3) is 0 Å². The second-order valence-electron chi connectivity index (χ2n) is 5.81. The second kappa shape index (κ2) is 9.98. The molecule has 0 radical (unpaired) electrons. The molecule has 1 aromatic rings. The van der Waals surface area contributed by atoms with Gasteiger partial charge >= 0.3 is 0 Å². The van der Waals surface area contributed by atoms with Crippen LogP contribution in [0.5, 0.6) is 0 Å². The minimum absolute atomic E-state index is 0.604. The van der Waals surface area contributed by atoms with Gasteiger partial charge in [-0.1, -0.05) is 46.5 Å². The van der Waals surface area contributed by atoms with Crippen molar-refractivity contribution in [1.29, 1.82) is 0 Å². The molecule has 0 bridgehead atoms. The largest absolute Gasteiger partial charge is 0.314 e. The Morgan fingerprint density at radius 2 is 1.95 bits per heavy atom. The van der Waals surface area contributed by atoms with Crippen molar-refractivity contribution < 1.29 is 0 Å². The molecule has 116 valence electrons. The van der Waals surface area contributed by atoms with Crippen molar-refractivity contribution in [1.82, 2.24) is 15.1 Å². The van der Waals surface area contributed by atoms with Crippen LogP contribution in [0.2, 0.25) is 0 Å². The molecule has 0 aliphatic heterocycles. The summed E-state index contributed by atoms with van der Waals surface area (Å²) in [5.74, 6) is 0. The van der Waals surface area contributed by atoms with E-state index >= 15 is 0 Å². The summed E-state index contributed by atoms with van der Waals surface area (Å²) < 4.78 is 2.06. The molecule has 1 atom stereocenters. The Morgan fingerprint density at radius 3 is 2.55 bits per heavy atom. The lowest BCUT2D eigenvalue weighted by Crippen LogP contribution is -2.32. The summed E-state index contributed by atoms with van der Waals surface area (Å²) in [7, 11) is 2.07. The van der Waals surface area contributed by atoms with Crippen molar-refractivity contribution in [3.8, 4) is 0 Å². The number of aryl methyl sites for hydroxylation is 2. The first-order valence-electron chi connectivity index (χ1n) is 8.46. The first-order chi connectivity index (χ1) is 9.71. The molecular weight excluding hydrogens is 246 g/mol. The number of nitrogens with zero attached hydrogens (tertiary/aromatic N) is 2. The summed E-state index contributed by atoms with van der Waals surface area (Å²) in [5.41, 5.74) is 2.58. The van der Waals surface area contributed by atoms with E-state index in [4.69, 9.17) is 0 Å². The average Bonchev–Trinajstić information content (AvgIpc) is 2.81. The van der Waals surface area contributed by atoms with Gasteiger partial charge in [0.2, 0.25) is 0 Å². The molecule has 1 rings (SSSR count). The molecule has 3 heteroatoms. The fourth-order valence-electron chi connectivity index (χ4n) is 2.63. The van der Waals surface area contributed by atoms with Crippen LogP contribution in [-0.2, 0) is 19.9 Å². The second-order valence-corrected chi connectivity index (χ2v) is 5.81. The van der Waals surface area contributed by atoms with Crippen LogP contribution in [0.25, 0.3) is 0 Å². The predicted octanol–water partition coefficient (Wildman–Crippen LogP) is 3.86. The van der Waals surface area contributed by atoms with Crippen LogP contribution in [0.15, 0.2) is 6.07 Å². The smallest absolute Gasteiger partial charge is 0.0624 e. The first kappa shape index (κ1) is 17.2. The van der Waals surface area contributed by atoms with Crippen LogP contribution in [0.1, 0.15) is 70.7 Å². The minimum atomic E-state index is 0.604. The van der Waals surface area contributed by atoms with E-state index in [1.54, 1.807) is 0 Å². The molecule has 1 heterocycles. The van der Waals surface area contributed by atoms with Gasteiger partial charge in [-0.05, 0) is 31.9 Å². The Bertz CT molecular complexity index is 357. The maximum atomic E-state index is 4.56. The van der Waals surface area contributed by atoms with E-state index in [0.29, 0.717) is 6.04 Å². The van der Waals surface area contributed by atoms with Crippen LogP contribution < -0.4 is 5.32 Å². The molecule has 1 N–H and O–H groups in total. The highest BCUT2D eigenvalue weighted by Gasteiger charge is 2.12. The molecule has 1 unspecified atom stereocenters. The molecule has 0 aromatic carbocycles. The fourth-order valence-corrected chi connectivity index (χ4v) is 2.63. The third kappa shape index (κ3) is 6.08. The molecule has 0 aliphatic rings. The van der Waals surface area contributed by atoms with E-state index in [-0.39, 0.29) is 0 Å². The van der Waals surface area contributed by atoms with Crippen molar-refractivity contribution in [2.24, 2.45) is 7.05 Å². The highest BCUT2D eigenvalue weighted by atomic mass is 15.3. The highest BCUT2D eigenvalue weighted by molar-refractivity contribution is 5.11. The summed E-state index contributed by atoms with van der Waals surface area (Å²) in [6.07, 6.45) is 10.0. The topological polar surface area (TPSA) is 29.9 Å². The summed E-state index contributed by atoms with van der Waals surface area (Å²) in [6.45, 7) is 7.80. The van der Waals surface area contributed by atoms with Crippen molar-refractivity contribution in [3.05, 3.63) is 17.5 Å². The minimum Gasteiger partial charge on any atom is -0.314 e. The SMILES string of the molecule is CCCCCCC(Cc1cc(CC)nn1C)NCCC. The number of hydrogen-bond acceptors (Lipinski definition) is 2. The van der Waals surface area contributed by atoms with E-state index in [2.05, 4.69) is 49.0 Å². The summed E-state index contributed by atoms with van der Waals surface area (Å²) in [4.78, 5) is 0. The monoisotopic (exact) mass is 279 g/mol. The maximum absolute atomic E-state index is 4.56.